The van der Waals surface area contributed by atoms with E-state index in [1.165, 1.54) is 0 Å². The molecule has 130 valence electrons. The zero-order chi connectivity index (χ0) is 17.6. The second kappa shape index (κ2) is 8.02. The van der Waals surface area contributed by atoms with Gasteiger partial charge in [-0.2, -0.15) is 0 Å². The van der Waals surface area contributed by atoms with E-state index in [-0.39, 0.29) is 0 Å². The molecule has 3 rings (SSSR count). The Bertz CT molecular complexity index is 814. The molecule has 0 N–H and O–H groups in total. The predicted octanol–water partition coefficient (Wildman–Crippen LogP) is 3.67. The molecule has 6 nitrogen and oxygen atoms in total. The lowest BCUT2D eigenvalue weighted by Crippen LogP contribution is -2.00. The van der Waals surface area contributed by atoms with Crippen LogP contribution in [0.2, 0.25) is 0 Å². The molecule has 0 unspecified atom stereocenters. The zero-order valence-corrected chi connectivity index (χ0v) is 15.3. The van der Waals surface area contributed by atoms with Crippen molar-refractivity contribution in [3.63, 3.8) is 0 Å². The molecule has 0 spiro atoms. The number of nitrogens with zero attached hydrogens (tertiary/aromatic N) is 4. The van der Waals surface area contributed by atoms with Crippen LogP contribution in [-0.2, 0) is 12.3 Å². The van der Waals surface area contributed by atoms with E-state index < -0.39 is 0 Å². The molecule has 25 heavy (non-hydrogen) atoms. The van der Waals surface area contributed by atoms with E-state index in [1.54, 1.807) is 38.4 Å². The molecule has 1 aromatic carbocycles. The van der Waals surface area contributed by atoms with Crippen molar-refractivity contribution in [3.8, 4) is 22.9 Å². The zero-order valence-electron chi connectivity index (χ0n) is 14.5. The Labute approximate surface area is 151 Å². The molecular weight excluding hydrogens is 336 g/mol. The average molecular weight is 356 g/mol. The summed E-state index contributed by atoms with van der Waals surface area (Å²) in [6.45, 7) is 2.88. The highest BCUT2D eigenvalue weighted by molar-refractivity contribution is 7.98. The molecule has 3 aromatic rings. The molecule has 0 fully saturated rings. The molecule has 0 aliphatic carbocycles. The van der Waals surface area contributed by atoms with Crippen LogP contribution in [0.15, 0.2) is 47.9 Å². The summed E-state index contributed by atoms with van der Waals surface area (Å²) in [5, 5.41) is 9.57. The first-order valence-electron chi connectivity index (χ1n) is 7.93. The van der Waals surface area contributed by atoms with E-state index in [2.05, 4.69) is 26.7 Å². The summed E-state index contributed by atoms with van der Waals surface area (Å²) in [7, 11) is 3.30. The normalized spacial score (nSPS) is 10.7. The van der Waals surface area contributed by atoms with Gasteiger partial charge in [0.2, 0.25) is 0 Å². The van der Waals surface area contributed by atoms with Crippen LogP contribution in [0.5, 0.6) is 11.5 Å². The van der Waals surface area contributed by atoms with E-state index in [4.69, 9.17) is 9.47 Å². The van der Waals surface area contributed by atoms with Gasteiger partial charge >= 0.3 is 0 Å². The van der Waals surface area contributed by atoms with E-state index in [0.29, 0.717) is 0 Å². The molecule has 2 heterocycles. The Hall–Kier alpha value is -2.54. The van der Waals surface area contributed by atoms with Gasteiger partial charge in [-0.25, -0.2) is 0 Å². The van der Waals surface area contributed by atoms with Crippen LogP contribution in [0.25, 0.3) is 11.4 Å². The van der Waals surface area contributed by atoms with Crippen molar-refractivity contribution in [3.05, 3.63) is 48.3 Å². The number of benzene rings is 1. The molecule has 0 radical (unpaired) electrons. The third-order valence-corrected chi connectivity index (χ3v) is 4.77. The monoisotopic (exact) mass is 356 g/mol. The minimum Gasteiger partial charge on any atom is -0.497 e. The number of ether oxygens (including phenoxy) is 2. The second-order valence-corrected chi connectivity index (χ2v) is 6.24. The third kappa shape index (κ3) is 3.93. The number of methoxy groups -OCH3 is 2. The van der Waals surface area contributed by atoms with E-state index in [9.17, 15) is 0 Å². The minimum atomic E-state index is 0.749. The van der Waals surface area contributed by atoms with Crippen molar-refractivity contribution in [1.82, 2.24) is 19.7 Å². The lowest BCUT2D eigenvalue weighted by atomic mass is 10.2. The van der Waals surface area contributed by atoms with Crippen LogP contribution in [0, 0.1) is 0 Å². The van der Waals surface area contributed by atoms with E-state index in [0.717, 1.165) is 45.9 Å². The summed E-state index contributed by atoms with van der Waals surface area (Å²) in [4.78, 5) is 4.16. The van der Waals surface area contributed by atoms with Gasteiger partial charge in [0.25, 0.3) is 0 Å². The number of aromatic nitrogens is 4. The average Bonchev–Trinajstić information content (AvgIpc) is 3.09. The molecule has 0 amide bonds. The van der Waals surface area contributed by atoms with Gasteiger partial charge in [0.1, 0.15) is 11.5 Å². The Balaban J connectivity index is 1.81. The Morgan fingerprint density at radius 3 is 2.44 bits per heavy atom. The first-order valence-corrected chi connectivity index (χ1v) is 8.92. The molecule has 0 saturated carbocycles. The van der Waals surface area contributed by atoms with E-state index >= 15 is 0 Å². The molecule has 0 aliphatic rings. The van der Waals surface area contributed by atoms with Gasteiger partial charge in [-0.1, -0.05) is 11.8 Å². The molecule has 0 aliphatic heterocycles. The molecule has 0 bridgehead atoms. The fourth-order valence-corrected chi connectivity index (χ4v) is 3.42. The highest BCUT2D eigenvalue weighted by Gasteiger charge is 2.13. The molecular formula is C18H20N4O2S. The fraction of sp³-hybridized carbons (Fsp3) is 0.278. The van der Waals surface area contributed by atoms with Crippen LogP contribution in [0.1, 0.15) is 12.5 Å². The lowest BCUT2D eigenvalue weighted by Gasteiger charge is -2.09. The standard InChI is InChI=1S/C18H20N4O2S/c1-4-22-17(14-6-5-7-19-11-14)20-21-18(22)25-12-13-8-15(23-2)10-16(9-13)24-3/h5-11H,4,12H2,1-3H3. The summed E-state index contributed by atoms with van der Waals surface area (Å²) in [6, 6.07) is 9.77. The van der Waals surface area contributed by atoms with Gasteiger partial charge in [0.05, 0.1) is 14.2 Å². The van der Waals surface area contributed by atoms with Gasteiger partial charge in [-0.15, -0.1) is 10.2 Å². The number of thioether (sulfide) groups is 1. The topological polar surface area (TPSA) is 62.1 Å². The summed E-state index contributed by atoms with van der Waals surface area (Å²) in [5.41, 5.74) is 2.07. The summed E-state index contributed by atoms with van der Waals surface area (Å²) < 4.78 is 12.8. The smallest absolute Gasteiger partial charge is 0.191 e. The quantitative estimate of drug-likeness (QED) is 0.602. The molecule has 7 heteroatoms. The predicted molar refractivity (Wildman–Crippen MR) is 98.0 cm³/mol. The number of hydrogen-bond acceptors (Lipinski definition) is 6. The van der Waals surface area contributed by atoms with Gasteiger partial charge in [0.15, 0.2) is 11.0 Å². The Kier molecular flexibility index (Phi) is 5.55. The maximum atomic E-state index is 5.33. The van der Waals surface area contributed by atoms with Crippen molar-refractivity contribution in [2.24, 2.45) is 0 Å². The third-order valence-electron chi connectivity index (χ3n) is 3.73. The van der Waals surface area contributed by atoms with Crippen molar-refractivity contribution in [2.75, 3.05) is 14.2 Å². The van der Waals surface area contributed by atoms with Crippen molar-refractivity contribution in [1.29, 1.82) is 0 Å². The Morgan fingerprint density at radius 2 is 1.84 bits per heavy atom. The summed E-state index contributed by atoms with van der Waals surface area (Å²) in [5.74, 6) is 3.14. The molecule has 0 atom stereocenters. The number of rotatable bonds is 7. The van der Waals surface area contributed by atoms with Crippen LogP contribution in [-0.4, -0.2) is 34.0 Å². The summed E-state index contributed by atoms with van der Waals surface area (Å²) >= 11 is 1.64. The fourth-order valence-electron chi connectivity index (χ4n) is 2.49. The van der Waals surface area contributed by atoms with Crippen molar-refractivity contribution in [2.45, 2.75) is 24.4 Å². The van der Waals surface area contributed by atoms with E-state index in [1.807, 2.05) is 30.3 Å². The molecule has 0 saturated heterocycles. The van der Waals surface area contributed by atoms with Crippen molar-refractivity contribution >= 4 is 11.8 Å². The van der Waals surface area contributed by atoms with Gasteiger partial charge in [0, 0.05) is 36.3 Å². The van der Waals surface area contributed by atoms with Gasteiger partial charge in [-0.3, -0.25) is 4.98 Å². The summed E-state index contributed by atoms with van der Waals surface area (Å²) in [6.07, 6.45) is 3.56. The maximum absolute atomic E-state index is 5.33. The SMILES string of the molecule is CCn1c(SCc2cc(OC)cc(OC)c2)nnc1-c1cccnc1. The van der Waals surface area contributed by atoms with Gasteiger partial charge < -0.3 is 14.0 Å². The van der Waals surface area contributed by atoms with Gasteiger partial charge in [-0.05, 0) is 36.8 Å². The van der Waals surface area contributed by atoms with Crippen LogP contribution in [0.4, 0.5) is 0 Å². The minimum absolute atomic E-state index is 0.749. The highest BCUT2D eigenvalue weighted by atomic mass is 32.2. The van der Waals surface area contributed by atoms with Crippen LogP contribution >= 0.6 is 11.8 Å². The maximum Gasteiger partial charge on any atom is 0.191 e. The Morgan fingerprint density at radius 1 is 1.08 bits per heavy atom. The molecule has 2 aromatic heterocycles. The number of pyridine rings is 1. The van der Waals surface area contributed by atoms with Crippen molar-refractivity contribution < 1.29 is 9.47 Å². The highest BCUT2D eigenvalue weighted by Crippen LogP contribution is 2.29. The largest absolute Gasteiger partial charge is 0.497 e. The lowest BCUT2D eigenvalue weighted by molar-refractivity contribution is 0.393. The first-order chi connectivity index (χ1) is 12.2. The first kappa shape index (κ1) is 17.3. The second-order valence-electron chi connectivity index (χ2n) is 5.30. The number of hydrogen-bond donors (Lipinski definition) is 0. The van der Waals surface area contributed by atoms with Crippen LogP contribution in [0.3, 0.4) is 0 Å². The van der Waals surface area contributed by atoms with Crippen LogP contribution < -0.4 is 9.47 Å².